The Morgan fingerprint density at radius 3 is 2.21 bits per heavy atom. The molecule has 80 valence electrons. The summed E-state index contributed by atoms with van der Waals surface area (Å²) in [6.45, 7) is 1.33. The van der Waals surface area contributed by atoms with Crippen LogP contribution in [-0.2, 0) is 9.59 Å². The van der Waals surface area contributed by atoms with Gasteiger partial charge in [-0.2, -0.15) is 0 Å². The summed E-state index contributed by atoms with van der Waals surface area (Å²) in [5, 5.41) is 12.0. The highest BCUT2D eigenvalue weighted by atomic mass is 35.5. The Morgan fingerprint density at radius 2 is 1.79 bits per heavy atom. The lowest BCUT2D eigenvalue weighted by atomic mass is 9.72. The standard InChI is InChI=1S/C9H13NO3.ClH/c11-8-6-1-5(9(12)13)2-7(8)4-10-3-6;/h5-7,10H,1-4H2,(H,12,13);1H. The Balaban J connectivity index is 0.000000980. The van der Waals surface area contributed by atoms with Crippen molar-refractivity contribution < 1.29 is 14.7 Å². The minimum absolute atomic E-state index is 0. The minimum atomic E-state index is -0.746. The maximum Gasteiger partial charge on any atom is 0.306 e. The summed E-state index contributed by atoms with van der Waals surface area (Å²) in [5.41, 5.74) is 0. The van der Waals surface area contributed by atoms with E-state index in [2.05, 4.69) is 5.32 Å². The number of fused-ring (bicyclic) bond motifs is 2. The molecule has 14 heavy (non-hydrogen) atoms. The molecule has 2 rings (SSSR count). The van der Waals surface area contributed by atoms with Crippen molar-refractivity contribution in [2.45, 2.75) is 12.8 Å². The second kappa shape index (κ2) is 4.28. The zero-order valence-corrected chi connectivity index (χ0v) is 8.55. The fourth-order valence-electron chi connectivity index (χ4n) is 2.35. The van der Waals surface area contributed by atoms with Crippen LogP contribution in [0.5, 0.6) is 0 Å². The molecule has 1 heterocycles. The highest BCUT2D eigenvalue weighted by Gasteiger charge is 2.41. The van der Waals surface area contributed by atoms with Gasteiger partial charge in [0.05, 0.1) is 5.92 Å². The number of carbonyl (C=O) groups is 2. The Labute approximate surface area is 88.5 Å². The van der Waals surface area contributed by atoms with Crippen molar-refractivity contribution in [1.29, 1.82) is 0 Å². The van der Waals surface area contributed by atoms with Gasteiger partial charge in [-0.3, -0.25) is 9.59 Å². The van der Waals surface area contributed by atoms with Gasteiger partial charge < -0.3 is 10.4 Å². The number of halogens is 1. The molecular formula is C9H14ClNO3. The molecule has 0 aromatic heterocycles. The van der Waals surface area contributed by atoms with Crippen molar-refractivity contribution in [1.82, 2.24) is 5.32 Å². The van der Waals surface area contributed by atoms with Gasteiger partial charge in [-0.25, -0.2) is 0 Å². The van der Waals surface area contributed by atoms with Crippen molar-refractivity contribution in [3.05, 3.63) is 0 Å². The summed E-state index contributed by atoms with van der Waals surface area (Å²) in [4.78, 5) is 22.3. The number of hydrogen-bond acceptors (Lipinski definition) is 3. The second-order valence-electron chi connectivity index (χ2n) is 3.96. The predicted octanol–water partition coefficient (Wildman–Crippen LogP) is 0.307. The summed E-state index contributed by atoms with van der Waals surface area (Å²) < 4.78 is 0. The summed E-state index contributed by atoms with van der Waals surface area (Å²) in [7, 11) is 0. The Hall–Kier alpha value is -0.610. The van der Waals surface area contributed by atoms with E-state index >= 15 is 0 Å². The van der Waals surface area contributed by atoms with E-state index in [-0.39, 0.29) is 35.9 Å². The van der Waals surface area contributed by atoms with E-state index in [9.17, 15) is 9.59 Å². The predicted molar refractivity (Wildman–Crippen MR) is 52.5 cm³/mol. The third kappa shape index (κ3) is 1.91. The van der Waals surface area contributed by atoms with Crippen molar-refractivity contribution in [2.75, 3.05) is 13.1 Å². The van der Waals surface area contributed by atoms with Gasteiger partial charge in [0.25, 0.3) is 0 Å². The maximum atomic E-state index is 11.5. The fourth-order valence-corrected chi connectivity index (χ4v) is 2.35. The number of carboxylic acids is 1. The summed E-state index contributed by atoms with van der Waals surface area (Å²) in [5.74, 6) is -0.863. The van der Waals surface area contributed by atoms with Crippen LogP contribution in [0, 0.1) is 17.8 Å². The number of aliphatic carboxylic acids is 1. The van der Waals surface area contributed by atoms with Gasteiger partial charge >= 0.3 is 5.97 Å². The molecule has 2 atom stereocenters. The van der Waals surface area contributed by atoms with Crippen LogP contribution >= 0.6 is 12.4 Å². The van der Waals surface area contributed by atoms with Gasteiger partial charge in [0, 0.05) is 24.9 Å². The number of nitrogens with one attached hydrogen (secondary N) is 1. The minimum Gasteiger partial charge on any atom is -0.481 e. The van der Waals surface area contributed by atoms with Crippen molar-refractivity contribution in [3.8, 4) is 0 Å². The van der Waals surface area contributed by atoms with Crippen LogP contribution in [0.15, 0.2) is 0 Å². The van der Waals surface area contributed by atoms with E-state index in [1.165, 1.54) is 0 Å². The van der Waals surface area contributed by atoms with Gasteiger partial charge in [-0.05, 0) is 12.8 Å². The number of ketones is 1. The van der Waals surface area contributed by atoms with Crippen molar-refractivity contribution in [3.63, 3.8) is 0 Å². The van der Waals surface area contributed by atoms with Crippen LogP contribution in [0.1, 0.15) is 12.8 Å². The fraction of sp³-hybridized carbons (Fsp3) is 0.778. The third-order valence-corrected chi connectivity index (χ3v) is 3.07. The van der Waals surface area contributed by atoms with Gasteiger partial charge in [0.2, 0.25) is 0 Å². The number of carboxylic acid groups (broad SMARTS) is 1. The summed E-state index contributed by atoms with van der Waals surface area (Å²) in [6, 6.07) is 0. The van der Waals surface area contributed by atoms with E-state index in [1.807, 2.05) is 0 Å². The van der Waals surface area contributed by atoms with Crippen LogP contribution in [0.25, 0.3) is 0 Å². The van der Waals surface area contributed by atoms with E-state index in [4.69, 9.17) is 5.11 Å². The number of hydrogen-bond donors (Lipinski definition) is 2. The first-order valence-corrected chi connectivity index (χ1v) is 4.65. The van der Waals surface area contributed by atoms with Crippen molar-refractivity contribution in [2.24, 2.45) is 17.8 Å². The Kier molecular flexibility index (Phi) is 3.50. The zero-order valence-electron chi connectivity index (χ0n) is 7.73. The van der Waals surface area contributed by atoms with Crippen LogP contribution in [0.4, 0.5) is 0 Å². The topological polar surface area (TPSA) is 66.4 Å². The highest BCUT2D eigenvalue weighted by Crippen LogP contribution is 2.32. The lowest BCUT2D eigenvalue weighted by Gasteiger charge is -2.36. The molecule has 0 aromatic rings. The molecule has 2 aliphatic rings. The van der Waals surface area contributed by atoms with E-state index in [1.54, 1.807) is 0 Å². The monoisotopic (exact) mass is 219 g/mol. The number of Topliss-reactive ketones (excluding diaryl/α,β-unsaturated/α-hetero) is 1. The smallest absolute Gasteiger partial charge is 0.306 e. The van der Waals surface area contributed by atoms with Gasteiger partial charge in [-0.1, -0.05) is 0 Å². The van der Waals surface area contributed by atoms with Gasteiger partial charge in [0.15, 0.2) is 0 Å². The molecule has 1 saturated heterocycles. The first-order chi connectivity index (χ1) is 6.18. The average molecular weight is 220 g/mol. The maximum absolute atomic E-state index is 11.5. The van der Waals surface area contributed by atoms with Gasteiger partial charge in [0.1, 0.15) is 5.78 Å². The molecule has 0 spiro atoms. The van der Waals surface area contributed by atoms with E-state index in [0.717, 1.165) is 0 Å². The molecular weight excluding hydrogens is 206 g/mol. The summed E-state index contributed by atoms with van der Waals surface area (Å²) in [6.07, 6.45) is 1.05. The molecule has 2 unspecified atom stereocenters. The quantitative estimate of drug-likeness (QED) is 0.666. The highest BCUT2D eigenvalue weighted by molar-refractivity contribution is 5.87. The molecule has 1 saturated carbocycles. The molecule has 4 nitrogen and oxygen atoms in total. The molecule has 2 bridgehead atoms. The zero-order chi connectivity index (χ0) is 9.42. The lowest BCUT2D eigenvalue weighted by molar-refractivity contribution is -0.147. The number of carbonyl (C=O) groups excluding carboxylic acids is 1. The van der Waals surface area contributed by atoms with Crippen LogP contribution in [-0.4, -0.2) is 29.9 Å². The number of rotatable bonds is 1. The number of piperidine rings is 1. The van der Waals surface area contributed by atoms with Crippen molar-refractivity contribution >= 4 is 24.2 Å². The molecule has 1 aliphatic heterocycles. The Bertz CT molecular complexity index is 240. The molecule has 0 amide bonds. The lowest BCUT2D eigenvalue weighted by Crippen LogP contribution is -2.49. The molecule has 1 aliphatic carbocycles. The molecule has 0 radical (unpaired) electrons. The molecule has 2 fully saturated rings. The van der Waals surface area contributed by atoms with E-state index in [0.29, 0.717) is 25.9 Å². The van der Waals surface area contributed by atoms with Crippen LogP contribution < -0.4 is 5.32 Å². The third-order valence-electron chi connectivity index (χ3n) is 3.07. The summed E-state index contributed by atoms with van der Waals surface area (Å²) >= 11 is 0. The molecule has 0 aromatic carbocycles. The Morgan fingerprint density at radius 1 is 1.29 bits per heavy atom. The normalized spacial score (nSPS) is 36.0. The molecule has 5 heteroatoms. The SMILES string of the molecule is Cl.O=C(O)C1CC2CNCC(C1)C2=O. The van der Waals surface area contributed by atoms with Crippen LogP contribution in [0.3, 0.4) is 0 Å². The first kappa shape index (κ1) is 11.5. The van der Waals surface area contributed by atoms with Gasteiger partial charge in [-0.15, -0.1) is 12.4 Å². The molecule has 2 N–H and O–H groups in total. The van der Waals surface area contributed by atoms with E-state index < -0.39 is 5.97 Å². The average Bonchev–Trinajstić information content (AvgIpc) is 2.02. The van der Waals surface area contributed by atoms with Crippen LogP contribution in [0.2, 0.25) is 0 Å². The first-order valence-electron chi connectivity index (χ1n) is 4.65. The second-order valence-corrected chi connectivity index (χ2v) is 3.96. The largest absolute Gasteiger partial charge is 0.481 e.